The van der Waals surface area contributed by atoms with Crippen LogP contribution in [0.15, 0.2) is 70.6 Å². The molecule has 0 saturated carbocycles. The molecular weight excluding hydrogens is 614 g/mol. The first-order valence-electron chi connectivity index (χ1n) is 11.3. The van der Waals surface area contributed by atoms with Crippen molar-refractivity contribution in [2.24, 2.45) is 4.99 Å². The van der Waals surface area contributed by atoms with Crippen molar-refractivity contribution in [2.45, 2.75) is 20.5 Å². The molecule has 0 spiro atoms. The molecule has 1 fully saturated rings. The summed E-state index contributed by atoms with van der Waals surface area (Å²) in [5.74, 6) is 0.795. The molecule has 36 heavy (non-hydrogen) atoms. The molecule has 1 aliphatic rings. The van der Waals surface area contributed by atoms with Crippen LogP contribution in [0.2, 0.25) is 5.02 Å². The minimum Gasteiger partial charge on any atom is -0.490 e. The molecule has 5 nitrogen and oxygen atoms in total. The molecule has 0 N–H and O–H groups in total. The molecule has 1 saturated heterocycles. The lowest BCUT2D eigenvalue weighted by Crippen LogP contribution is -2.28. The number of halogens is 3. The summed E-state index contributed by atoms with van der Waals surface area (Å²) in [7, 11) is 0. The number of hydrogen-bond donors (Lipinski definition) is 0. The normalized spacial score (nSPS) is 15.7. The van der Waals surface area contributed by atoms with E-state index in [0.29, 0.717) is 52.0 Å². The Kier molecular flexibility index (Phi) is 8.92. The van der Waals surface area contributed by atoms with Crippen LogP contribution in [-0.2, 0) is 11.4 Å². The summed E-state index contributed by atoms with van der Waals surface area (Å²) < 4.78 is 26.1. The Labute approximate surface area is 232 Å². The third kappa shape index (κ3) is 6.41. The minimum absolute atomic E-state index is 0.126. The zero-order chi connectivity index (χ0) is 25.7. The van der Waals surface area contributed by atoms with Gasteiger partial charge in [0.2, 0.25) is 0 Å². The second kappa shape index (κ2) is 12.1. The average Bonchev–Trinajstić information content (AvgIpc) is 3.14. The average molecular weight is 637 g/mol. The summed E-state index contributed by atoms with van der Waals surface area (Å²) >= 11 is 9.48. The maximum absolute atomic E-state index is 13.3. The van der Waals surface area contributed by atoms with E-state index in [2.05, 4.69) is 27.6 Å². The SMILES string of the molecule is CCOc1cc(/C=C2/SC(=Nc3ccc(F)cc3)N(CC)C2=O)cc(I)c1OCc1ccc(Cl)cc1. The van der Waals surface area contributed by atoms with Gasteiger partial charge < -0.3 is 9.47 Å². The van der Waals surface area contributed by atoms with Gasteiger partial charge in [0.25, 0.3) is 5.91 Å². The van der Waals surface area contributed by atoms with Crippen molar-refractivity contribution in [3.63, 3.8) is 0 Å². The lowest BCUT2D eigenvalue weighted by atomic mass is 10.1. The number of ether oxygens (including phenoxy) is 2. The molecule has 1 aliphatic heterocycles. The summed E-state index contributed by atoms with van der Waals surface area (Å²) in [5, 5.41) is 1.23. The van der Waals surface area contributed by atoms with Crippen LogP contribution in [0.1, 0.15) is 25.0 Å². The highest BCUT2D eigenvalue weighted by atomic mass is 127. The van der Waals surface area contributed by atoms with Crippen molar-refractivity contribution in [3.05, 3.63) is 91.1 Å². The lowest BCUT2D eigenvalue weighted by Gasteiger charge is -2.15. The summed E-state index contributed by atoms with van der Waals surface area (Å²) in [6.45, 7) is 5.12. The Hall–Kier alpha value is -2.56. The van der Waals surface area contributed by atoms with Crippen LogP contribution in [0.25, 0.3) is 6.08 Å². The van der Waals surface area contributed by atoms with Gasteiger partial charge in [0.05, 0.1) is 20.8 Å². The molecular formula is C27H23ClFIN2O3S. The monoisotopic (exact) mass is 636 g/mol. The molecule has 3 aromatic rings. The highest BCUT2D eigenvalue weighted by Gasteiger charge is 2.32. The number of carbonyl (C=O) groups excluding carboxylic acids is 1. The lowest BCUT2D eigenvalue weighted by molar-refractivity contribution is -0.122. The third-order valence-corrected chi connectivity index (χ3v) is 7.24. The van der Waals surface area contributed by atoms with Crippen LogP contribution < -0.4 is 9.47 Å². The van der Waals surface area contributed by atoms with Crippen molar-refractivity contribution < 1.29 is 18.7 Å². The van der Waals surface area contributed by atoms with Crippen LogP contribution in [0.3, 0.4) is 0 Å². The first-order valence-corrected chi connectivity index (χ1v) is 13.5. The summed E-state index contributed by atoms with van der Waals surface area (Å²) in [4.78, 5) is 19.8. The highest BCUT2D eigenvalue weighted by molar-refractivity contribution is 14.1. The maximum atomic E-state index is 13.3. The third-order valence-electron chi connectivity index (χ3n) is 5.18. The Morgan fingerprint density at radius 3 is 2.47 bits per heavy atom. The fourth-order valence-corrected chi connectivity index (χ4v) is 5.43. The van der Waals surface area contributed by atoms with E-state index >= 15 is 0 Å². The van der Waals surface area contributed by atoms with Gasteiger partial charge in [0, 0.05) is 11.6 Å². The molecule has 4 rings (SSSR count). The number of thioether (sulfide) groups is 1. The van der Waals surface area contributed by atoms with Crippen molar-refractivity contribution >= 4 is 68.8 Å². The number of rotatable bonds is 8. The molecule has 0 aromatic heterocycles. The molecule has 9 heteroatoms. The molecule has 1 amide bonds. The molecule has 0 radical (unpaired) electrons. The summed E-state index contributed by atoms with van der Waals surface area (Å²) in [6, 6.07) is 17.2. The number of amides is 1. The van der Waals surface area contributed by atoms with Crippen molar-refractivity contribution in [3.8, 4) is 11.5 Å². The van der Waals surface area contributed by atoms with Gasteiger partial charge in [0.15, 0.2) is 16.7 Å². The topological polar surface area (TPSA) is 51.1 Å². The van der Waals surface area contributed by atoms with Gasteiger partial charge in [0.1, 0.15) is 12.4 Å². The van der Waals surface area contributed by atoms with E-state index < -0.39 is 0 Å². The fourth-order valence-electron chi connectivity index (χ4n) is 3.46. The summed E-state index contributed by atoms with van der Waals surface area (Å²) in [5.41, 5.74) is 2.39. The van der Waals surface area contributed by atoms with Gasteiger partial charge in [-0.1, -0.05) is 23.7 Å². The largest absolute Gasteiger partial charge is 0.490 e. The van der Waals surface area contributed by atoms with Gasteiger partial charge in [-0.05, 0) is 114 Å². The smallest absolute Gasteiger partial charge is 0.266 e. The van der Waals surface area contributed by atoms with Crippen LogP contribution in [0.4, 0.5) is 10.1 Å². The van der Waals surface area contributed by atoms with Crippen molar-refractivity contribution in [2.75, 3.05) is 13.2 Å². The Morgan fingerprint density at radius 2 is 1.81 bits per heavy atom. The predicted octanol–water partition coefficient (Wildman–Crippen LogP) is 7.69. The van der Waals surface area contributed by atoms with Crippen LogP contribution >= 0.6 is 46.0 Å². The molecule has 0 bridgehead atoms. The molecule has 3 aromatic carbocycles. The Bertz CT molecular complexity index is 1310. The Balaban J connectivity index is 1.60. The highest BCUT2D eigenvalue weighted by Crippen LogP contribution is 2.38. The van der Waals surface area contributed by atoms with Crippen molar-refractivity contribution in [1.29, 1.82) is 0 Å². The zero-order valence-corrected chi connectivity index (χ0v) is 23.4. The fraction of sp³-hybridized carbons (Fsp3) is 0.185. The van der Waals surface area contributed by atoms with E-state index in [9.17, 15) is 9.18 Å². The molecule has 0 unspecified atom stereocenters. The second-order valence-electron chi connectivity index (χ2n) is 7.71. The van der Waals surface area contributed by atoms with E-state index in [1.54, 1.807) is 17.0 Å². The van der Waals surface area contributed by atoms with Gasteiger partial charge in [-0.25, -0.2) is 9.38 Å². The van der Waals surface area contributed by atoms with E-state index in [0.717, 1.165) is 14.7 Å². The van der Waals surface area contributed by atoms with Crippen LogP contribution in [0.5, 0.6) is 11.5 Å². The van der Waals surface area contributed by atoms with E-state index in [1.807, 2.05) is 56.3 Å². The molecule has 1 heterocycles. The maximum Gasteiger partial charge on any atom is 0.266 e. The van der Waals surface area contributed by atoms with E-state index in [4.69, 9.17) is 21.1 Å². The van der Waals surface area contributed by atoms with Gasteiger partial charge >= 0.3 is 0 Å². The molecule has 0 atom stereocenters. The predicted molar refractivity (Wildman–Crippen MR) is 153 cm³/mol. The summed E-state index contributed by atoms with van der Waals surface area (Å²) in [6.07, 6.45) is 1.83. The number of carbonyl (C=O) groups is 1. The van der Waals surface area contributed by atoms with Gasteiger partial charge in [-0.2, -0.15) is 0 Å². The van der Waals surface area contributed by atoms with E-state index in [1.165, 1.54) is 23.9 Å². The van der Waals surface area contributed by atoms with Crippen LogP contribution in [-0.4, -0.2) is 29.1 Å². The number of nitrogens with zero attached hydrogens (tertiary/aromatic N) is 2. The zero-order valence-electron chi connectivity index (χ0n) is 19.6. The Morgan fingerprint density at radius 1 is 1.08 bits per heavy atom. The van der Waals surface area contributed by atoms with Crippen molar-refractivity contribution in [1.82, 2.24) is 4.90 Å². The van der Waals surface area contributed by atoms with E-state index in [-0.39, 0.29) is 11.7 Å². The van der Waals surface area contributed by atoms with Crippen LogP contribution in [0, 0.1) is 9.39 Å². The standard InChI is InChI=1S/C27H23ClFIN2O3S/c1-3-32-26(33)24(36-27(32)31-21-11-9-20(29)10-12-21)15-18-13-22(30)25(23(14-18)34-4-2)35-16-17-5-7-19(28)8-6-17/h5-15H,3-4,16H2,1-2H3/b24-15+,31-27?. The number of amidine groups is 1. The molecule has 186 valence electrons. The number of aliphatic imine (C=N–C) groups is 1. The number of benzene rings is 3. The first-order chi connectivity index (χ1) is 17.4. The minimum atomic E-state index is -0.331. The first kappa shape index (κ1) is 26.5. The number of hydrogen-bond acceptors (Lipinski definition) is 5. The second-order valence-corrected chi connectivity index (χ2v) is 10.3. The van der Waals surface area contributed by atoms with Gasteiger partial charge in [-0.3, -0.25) is 9.69 Å². The number of likely N-dealkylation sites (N-methyl/N-ethyl adjacent to an activating group) is 1. The molecule has 0 aliphatic carbocycles. The quantitative estimate of drug-likeness (QED) is 0.188. The van der Waals surface area contributed by atoms with Gasteiger partial charge in [-0.15, -0.1) is 0 Å².